The number of anilines is 1. The highest BCUT2D eigenvalue weighted by molar-refractivity contribution is 5.91. The molecular weight excluding hydrogens is 355 g/mol. The van der Waals surface area contributed by atoms with E-state index in [2.05, 4.69) is 0 Å². The molecule has 0 saturated carbocycles. The van der Waals surface area contributed by atoms with Crippen LogP contribution in [-0.4, -0.2) is 37.2 Å². The lowest BCUT2D eigenvalue weighted by molar-refractivity contribution is -0.384. The van der Waals surface area contributed by atoms with Crippen molar-refractivity contribution in [2.75, 3.05) is 31.2 Å². The van der Waals surface area contributed by atoms with Gasteiger partial charge in [0.25, 0.3) is 5.69 Å². The molecule has 0 N–H and O–H groups in total. The van der Waals surface area contributed by atoms with E-state index in [1.54, 1.807) is 13.0 Å². The van der Waals surface area contributed by atoms with Crippen LogP contribution in [0.25, 0.3) is 0 Å². The zero-order valence-corrected chi connectivity index (χ0v) is 14.8. The summed E-state index contributed by atoms with van der Waals surface area (Å²) in [6.45, 7) is 3.74. The van der Waals surface area contributed by atoms with Crippen molar-refractivity contribution in [1.82, 2.24) is 0 Å². The molecule has 0 bridgehead atoms. The summed E-state index contributed by atoms with van der Waals surface area (Å²) in [5.41, 5.74) is 1.02. The number of carbonyl (C=O) groups excluding carboxylic acids is 1. The third kappa shape index (κ3) is 4.40. The predicted molar refractivity (Wildman–Crippen MR) is 96.4 cm³/mol. The molecule has 1 unspecified atom stereocenters. The second kappa shape index (κ2) is 8.13. The number of nitro benzene ring substituents is 1. The van der Waals surface area contributed by atoms with Gasteiger partial charge in [0.05, 0.1) is 23.7 Å². The summed E-state index contributed by atoms with van der Waals surface area (Å²) in [6.07, 6.45) is -0.615. The van der Waals surface area contributed by atoms with Crippen molar-refractivity contribution in [3.8, 4) is 0 Å². The molecule has 0 aliphatic carbocycles. The number of rotatable bonds is 5. The first-order valence-electron chi connectivity index (χ1n) is 8.53. The molecule has 0 spiro atoms. The van der Waals surface area contributed by atoms with Crippen molar-refractivity contribution in [3.63, 3.8) is 0 Å². The van der Waals surface area contributed by atoms with Gasteiger partial charge in [-0.2, -0.15) is 0 Å². The van der Waals surface area contributed by atoms with E-state index in [1.807, 2.05) is 4.90 Å². The molecule has 7 nitrogen and oxygen atoms in total. The molecule has 0 radical (unpaired) electrons. The number of hydrogen-bond acceptors (Lipinski definition) is 6. The SMILES string of the molecule is CC(OC(=O)c1ccc(N2CCOCC2)c([N+](=O)[O-])c1)c1ccc(F)cc1. The van der Waals surface area contributed by atoms with Crippen molar-refractivity contribution < 1.29 is 23.6 Å². The molecular formula is C19H19FN2O5. The van der Waals surface area contributed by atoms with E-state index in [4.69, 9.17) is 9.47 Å². The standard InChI is InChI=1S/C19H19FN2O5/c1-13(14-2-5-16(20)6-3-14)27-19(23)15-4-7-17(18(12-15)22(24)25)21-8-10-26-11-9-21/h2-7,12-13H,8-11H2,1H3. The van der Waals surface area contributed by atoms with E-state index in [0.29, 0.717) is 37.6 Å². The molecule has 1 saturated heterocycles. The fourth-order valence-electron chi connectivity index (χ4n) is 2.90. The van der Waals surface area contributed by atoms with Crippen LogP contribution in [0.2, 0.25) is 0 Å². The molecule has 27 heavy (non-hydrogen) atoms. The van der Waals surface area contributed by atoms with Crippen LogP contribution in [0.15, 0.2) is 42.5 Å². The topological polar surface area (TPSA) is 81.9 Å². The van der Waals surface area contributed by atoms with Crippen molar-refractivity contribution in [2.24, 2.45) is 0 Å². The number of halogens is 1. The molecule has 1 aliphatic heterocycles. The second-order valence-corrected chi connectivity index (χ2v) is 6.16. The Balaban J connectivity index is 1.79. The molecule has 2 aromatic carbocycles. The normalized spacial score (nSPS) is 15.3. The lowest BCUT2D eigenvalue weighted by atomic mass is 10.1. The molecule has 0 aromatic heterocycles. The maximum absolute atomic E-state index is 13.0. The van der Waals surface area contributed by atoms with Crippen LogP contribution in [0.1, 0.15) is 28.9 Å². The summed E-state index contributed by atoms with van der Waals surface area (Å²) < 4.78 is 23.6. The molecule has 142 valence electrons. The highest BCUT2D eigenvalue weighted by atomic mass is 19.1. The van der Waals surface area contributed by atoms with Crippen LogP contribution in [0, 0.1) is 15.9 Å². The van der Waals surface area contributed by atoms with Gasteiger partial charge in [-0.3, -0.25) is 10.1 Å². The molecule has 8 heteroatoms. The van der Waals surface area contributed by atoms with Gasteiger partial charge in [-0.05, 0) is 36.8 Å². The Hall–Kier alpha value is -3.00. The Labute approximate surface area is 155 Å². The summed E-state index contributed by atoms with van der Waals surface area (Å²) in [7, 11) is 0. The minimum absolute atomic E-state index is 0.0904. The van der Waals surface area contributed by atoms with Crippen LogP contribution in [0.3, 0.4) is 0 Å². The molecule has 2 aromatic rings. The third-order valence-electron chi connectivity index (χ3n) is 4.38. The smallest absolute Gasteiger partial charge is 0.338 e. The first kappa shape index (κ1) is 18.8. The number of ether oxygens (including phenoxy) is 2. The van der Waals surface area contributed by atoms with Crippen LogP contribution < -0.4 is 4.90 Å². The van der Waals surface area contributed by atoms with Gasteiger partial charge < -0.3 is 14.4 Å². The zero-order chi connectivity index (χ0) is 19.4. The first-order chi connectivity index (χ1) is 13.0. The minimum atomic E-state index is -0.677. The summed E-state index contributed by atoms with van der Waals surface area (Å²) in [6, 6.07) is 9.91. The third-order valence-corrected chi connectivity index (χ3v) is 4.38. The number of esters is 1. The van der Waals surface area contributed by atoms with E-state index in [1.165, 1.54) is 36.4 Å². The number of carbonyl (C=O) groups is 1. The number of morpholine rings is 1. The summed E-state index contributed by atoms with van der Waals surface area (Å²) in [5.74, 6) is -1.06. The Morgan fingerprint density at radius 1 is 1.22 bits per heavy atom. The Morgan fingerprint density at radius 3 is 2.52 bits per heavy atom. The maximum atomic E-state index is 13.0. The predicted octanol–water partition coefficient (Wildman–Crippen LogP) is 3.49. The lowest BCUT2D eigenvalue weighted by Gasteiger charge is -2.28. The molecule has 1 fully saturated rings. The van der Waals surface area contributed by atoms with E-state index in [-0.39, 0.29) is 17.1 Å². The van der Waals surface area contributed by atoms with Crippen molar-refractivity contribution in [2.45, 2.75) is 13.0 Å². The summed E-state index contributed by atoms with van der Waals surface area (Å²) in [5, 5.41) is 11.5. The van der Waals surface area contributed by atoms with E-state index in [9.17, 15) is 19.3 Å². The fraction of sp³-hybridized carbons (Fsp3) is 0.316. The van der Waals surface area contributed by atoms with Gasteiger partial charge in [-0.1, -0.05) is 12.1 Å². The summed E-state index contributed by atoms with van der Waals surface area (Å²) in [4.78, 5) is 25.2. The van der Waals surface area contributed by atoms with Crippen LogP contribution in [0.4, 0.5) is 15.8 Å². The molecule has 1 heterocycles. The highest BCUT2D eigenvalue weighted by Gasteiger charge is 2.24. The molecule has 1 aliphatic rings. The van der Waals surface area contributed by atoms with Gasteiger partial charge in [0, 0.05) is 19.2 Å². The van der Waals surface area contributed by atoms with Gasteiger partial charge in [-0.25, -0.2) is 9.18 Å². The highest BCUT2D eigenvalue weighted by Crippen LogP contribution is 2.30. The monoisotopic (exact) mass is 374 g/mol. The average molecular weight is 374 g/mol. The Bertz CT molecular complexity index is 834. The Kier molecular flexibility index (Phi) is 5.66. The first-order valence-corrected chi connectivity index (χ1v) is 8.53. The van der Waals surface area contributed by atoms with E-state index >= 15 is 0 Å². The molecule has 1 atom stereocenters. The van der Waals surface area contributed by atoms with E-state index in [0.717, 1.165) is 0 Å². The number of hydrogen-bond donors (Lipinski definition) is 0. The minimum Gasteiger partial charge on any atom is -0.454 e. The maximum Gasteiger partial charge on any atom is 0.338 e. The van der Waals surface area contributed by atoms with Crippen molar-refractivity contribution in [3.05, 3.63) is 69.5 Å². The van der Waals surface area contributed by atoms with Gasteiger partial charge in [0.2, 0.25) is 0 Å². The second-order valence-electron chi connectivity index (χ2n) is 6.16. The number of benzene rings is 2. The van der Waals surface area contributed by atoms with Gasteiger partial charge in [-0.15, -0.1) is 0 Å². The van der Waals surface area contributed by atoms with E-state index < -0.39 is 17.0 Å². The van der Waals surface area contributed by atoms with Gasteiger partial charge in [0.1, 0.15) is 17.6 Å². The largest absolute Gasteiger partial charge is 0.454 e. The Morgan fingerprint density at radius 2 is 1.89 bits per heavy atom. The lowest BCUT2D eigenvalue weighted by Crippen LogP contribution is -2.36. The fourth-order valence-corrected chi connectivity index (χ4v) is 2.90. The number of nitro groups is 1. The number of nitrogens with zero attached hydrogens (tertiary/aromatic N) is 2. The molecule has 3 rings (SSSR count). The molecule has 0 amide bonds. The van der Waals surface area contributed by atoms with Crippen molar-refractivity contribution >= 4 is 17.3 Å². The van der Waals surface area contributed by atoms with Gasteiger partial charge >= 0.3 is 5.97 Å². The van der Waals surface area contributed by atoms with Crippen LogP contribution in [-0.2, 0) is 9.47 Å². The zero-order valence-electron chi connectivity index (χ0n) is 14.8. The summed E-state index contributed by atoms with van der Waals surface area (Å²) >= 11 is 0. The average Bonchev–Trinajstić information content (AvgIpc) is 2.68. The van der Waals surface area contributed by atoms with Crippen LogP contribution >= 0.6 is 0 Å². The van der Waals surface area contributed by atoms with Crippen molar-refractivity contribution in [1.29, 1.82) is 0 Å². The van der Waals surface area contributed by atoms with Crippen LogP contribution in [0.5, 0.6) is 0 Å². The van der Waals surface area contributed by atoms with Gasteiger partial charge in [0.15, 0.2) is 0 Å². The quantitative estimate of drug-likeness (QED) is 0.453.